The van der Waals surface area contributed by atoms with E-state index < -0.39 is 0 Å². The molecule has 0 N–H and O–H groups in total. The molecule has 0 amide bonds. The lowest BCUT2D eigenvalue weighted by Crippen LogP contribution is -1.88. The molecular weight excluding hydrogens is 170 g/mol. The van der Waals surface area contributed by atoms with E-state index in [1.807, 2.05) is 12.2 Å². The van der Waals surface area contributed by atoms with Crippen molar-refractivity contribution < 1.29 is 0 Å². The maximum atomic E-state index is 3.72. The molecule has 1 nitrogen and oxygen atoms in total. The summed E-state index contributed by atoms with van der Waals surface area (Å²) < 4.78 is 0. The van der Waals surface area contributed by atoms with Crippen LogP contribution in [0.3, 0.4) is 0 Å². The molecule has 14 heavy (non-hydrogen) atoms. The third kappa shape index (κ3) is 2.70. The third-order valence-corrected chi connectivity index (χ3v) is 2.18. The zero-order chi connectivity index (χ0) is 10.4. The average molecular weight is 185 g/mol. The molecule has 72 valence electrons. The fraction of sp³-hybridized carbons (Fsp3) is 0.154. The van der Waals surface area contributed by atoms with E-state index in [-0.39, 0.29) is 0 Å². The minimum absolute atomic E-state index is 0.374. The summed E-state index contributed by atoms with van der Waals surface area (Å²) in [7, 11) is 0. The normalized spacial score (nSPS) is 12.6. The van der Waals surface area contributed by atoms with Crippen molar-refractivity contribution >= 4 is 12.8 Å². The van der Waals surface area contributed by atoms with Gasteiger partial charge in [0.05, 0.1) is 0 Å². The lowest BCUT2D eigenvalue weighted by molar-refractivity contribution is 0.963. The molecular formula is C13H15N. The molecule has 0 aliphatic heterocycles. The Morgan fingerprint density at radius 3 is 2.43 bits per heavy atom. The Hall–Kier alpha value is -1.63. The van der Waals surface area contributed by atoms with Gasteiger partial charge in [0.15, 0.2) is 0 Å². The standard InChI is InChI=1S/C13H15N/c1-4-12-5-7-13(8-6-12)11(2)9-10-14-3/h4-11H,1,3H2,2H3/b10-9-. The Morgan fingerprint density at radius 2 is 1.93 bits per heavy atom. The van der Waals surface area contributed by atoms with Crippen molar-refractivity contribution in [1.82, 2.24) is 0 Å². The lowest BCUT2D eigenvalue weighted by Gasteiger charge is -2.06. The Kier molecular flexibility index (Phi) is 3.86. The largest absolute Gasteiger partial charge is 0.273 e. The van der Waals surface area contributed by atoms with Gasteiger partial charge in [-0.1, -0.05) is 49.9 Å². The van der Waals surface area contributed by atoms with Crippen molar-refractivity contribution in [3.63, 3.8) is 0 Å². The fourth-order valence-corrected chi connectivity index (χ4v) is 1.24. The van der Waals surface area contributed by atoms with Gasteiger partial charge in [0.2, 0.25) is 0 Å². The first-order chi connectivity index (χ1) is 6.77. The first-order valence-corrected chi connectivity index (χ1v) is 4.63. The second kappa shape index (κ2) is 5.18. The number of allylic oxidation sites excluding steroid dienone is 1. The van der Waals surface area contributed by atoms with Crippen LogP contribution in [0.2, 0.25) is 0 Å². The van der Waals surface area contributed by atoms with E-state index in [1.165, 1.54) is 5.56 Å². The highest BCUT2D eigenvalue weighted by atomic mass is 14.6. The lowest BCUT2D eigenvalue weighted by atomic mass is 10.00. The summed E-state index contributed by atoms with van der Waals surface area (Å²) >= 11 is 0. The molecule has 0 fully saturated rings. The van der Waals surface area contributed by atoms with Crippen LogP contribution in [0.15, 0.2) is 48.1 Å². The second-order valence-electron chi connectivity index (χ2n) is 3.18. The monoisotopic (exact) mass is 185 g/mol. The van der Waals surface area contributed by atoms with Crippen molar-refractivity contribution in [1.29, 1.82) is 0 Å². The van der Waals surface area contributed by atoms with Crippen molar-refractivity contribution in [2.45, 2.75) is 12.8 Å². The quantitative estimate of drug-likeness (QED) is 0.635. The minimum Gasteiger partial charge on any atom is -0.273 e. The summed E-state index contributed by atoms with van der Waals surface area (Å²) in [5.41, 5.74) is 2.42. The summed E-state index contributed by atoms with van der Waals surface area (Å²) in [5.74, 6) is 0.374. The smallest absolute Gasteiger partial charge is 0.0226 e. The number of rotatable bonds is 4. The number of nitrogens with zero attached hydrogens (tertiary/aromatic N) is 1. The third-order valence-electron chi connectivity index (χ3n) is 2.18. The predicted molar refractivity (Wildman–Crippen MR) is 63.6 cm³/mol. The molecule has 0 spiro atoms. The zero-order valence-electron chi connectivity index (χ0n) is 8.48. The van der Waals surface area contributed by atoms with Crippen molar-refractivity contribution in [2.75, 3.05) is 0 Å². The van der Waals surface area contributed by atoms with Gasteiger partial charge in [0.1, 0.15) is 0 Å². The summed E-state index contributed by atoms with van der Waals surface area (Å²) in [6.45, 7) is 9.25. The highest BCUT2D eigenvalue weighted by Gasteiger charge is 1.99. The van der Waals surface area contributed by atoms with E-state index in [2.05, 4.69) is 49.5 Å². The molecule has 0 heterocycles. The molecule has 0 saturated heterocycles. The van der Waals surface area contributed by atoms with Gasteiger partial charge in [-0.05, 0) is 17.8 Å². The zero-order valence-corrected chi connectivity index (χ0v) is 8.48. The SMILES string of the molecule is C=Cc1ccc(C(C)/C=C\N=C)cc1. The second-order valence-corrected chi connectivity index (χ2v) is 3.18. The molecule has 0 aliphatic rings. The van der Waals surface area contributed by atoms with Crippen LogP contribution < -0.4 is 0 Å². The van der Waals surface area contributed by atoms with Crippen LogP contribution in [0.5, 0.6) is 0 Å². The van der Waals surface area contributed by atoms with Crippen LogP contribution in [-0.2, 0) is 0 Å². The molecule has 1 atom stereocenters. The fourth-order valence-electron chi connectivity index (χ4n) is 1.24. The van der Waals surface area contributed by atoms with Crippen molar-refractivity contribution in [3.05, 3.63) is 54.2 Å². The summed E-state index contributed by atoms with van der Waals surface area (Å²) in [6.07, 6.45) is 5.59. The molecule has 0 aromatic heterocycles. The number of hydrogen-bond acceptors (Lipinski definition) is 1. The van der Waals surface area contributed by atoms with E-state index in [4.69, 9.17) is 0 Å². The molecule has 1 aromatic carbocycles. The molecule has 0 saturated carbocycles. The molecule has 0 aliphatic carbocycles. The van der Waals surface area contributed by atoms with Crippen LogP contribution in [0.4, 0.5) is 0 Å². The summed E-state index contributed by atoms with van der Waals surface area (Å²) in [4.78, 5) is 3.69. The van der Waals surface area contributed by atoms with Crippen LogP contribution >= 0.6 is 0 Å². The van der Waals surface area contributed by atoms with Gasteiger partial charge in [-0.15, -0.1) is 0 Å². The molecule has 1 rings (SSSR count). The first kappa shape index (κ1) is 10.5. The Morgan fingerprint density at radius 1 is 1.29 bits per heavy atom. The van der Waals surface area contributed by atoms with Crippen molar-refractivity contribution in [3.8, 4) is 0 Å². The van der Waals surface area contributed by atoms with Crippen molar-refractivity contribution in [2.24, 2.45) is 4.99 Å². The van der Waals surface area contributed by atoms with E-state index in [0.717, 1.165) is 5.56 Å². The Bertz CT molecular complexity index is 333. The van der Waals surface area contributed by atoms with Crippen LogP contribution in [-0.4, -0.2) is 6.72 Å². The van der Waals surface area contributed by atoms with Crippen LogP contribution in [0.25, 0.3) is 6.08 Å². The predicted octanol–water partition coefficient (Wildman–Crippen LogP) is 3.65. The number of hydrogen-bond donors (Lipinski definition) is 0. The topological polar surface area (TPSA) is 12.4 Å². The maximum Gasteiger partial charge on any atom is 0.0226 e. The molecule has 1 heteroatoms. The Labute approximate surface area is 85.5 Å². The van der Waals surface area contributed by atoms with E-state index >= 15 is 0 Å². The van der Waals surface area contributed by atoms with E-state index in [9.17, 15) is 0 Å². The molecule has 1 aromatic rings. The Balaban J connectivity index is 2.80. The highest BCUT2D eigenvalue weighted by Crippen LogP contribution is 2.17. The van der Waals surface area contributed by atoms with Crippen LogP contribution in [0, 0.1) is 0 Å². The summed E-state index contributed by atoms with van der Waals surface area (Å²) in [5, 5.41) is 0. The highest BCUT2D eigenvalue weighted by molar-refractivity contribution is 5.47. The molecule has 0 radical (unpaired) electrons. The minimum atomic E-state index is 0.374. The van der Waals surface area contributed by atoms with Gasteiger partial charge >= 0.3 is 0 Å². The van der Waals surface area contributed by atoms with Gasteiger partial charge in [0, 0.05) is 12.1 Å². The van der Waals surface area contributed by atoms with E-state index in [0.29, 0.717) is 5.92 Å². The molecule has 1 unspecified atom stereocenters. The van der Waals surface area contributed by atoms with Gasteiger partial charge in [0.25, 0.3) is 0 Å². The van der Waals surface area contributed by atoms with Gasteiger partial charge in [-0.25, -0.2) is 0 Å². The first-order valence-electron chi connectivity index (χ1n) is 4.63. The van der Waals surface area contributed by atoms with Gasteiger partial charge < -0.3 is 0 Å². The van der Waals surface area contributed by atoms with Gasteiger partial charge in [-0.3, -0.25) is 4.99 Å². The van der Waals surface area contributed by atoms with E-state index in [1.54, 1.807) is 6.20 Å². The summed E-state index contributed by atoms with van der Waals surface area (Å²) in [6, 6.07) is 8.34. The average Bonchev–Trinajstić information content (AvgIpc) is 2.26. The number of benzene rings is 1. The number of aliphatic imine (C=N–C) groups is 1. The van der Waals surface area contributed by atoms with Gasteiger partial charge in [-0.2, -0.15) is 0 Å². The maximum absolute atomic E-state index is 3.72. The van der Waals surface area contributed by atoms with Crippen LogP contribution in [0.1, 0.15) is 24.0 Å². The molecule has 0 bridgehead atoms.